The summed E-state index contributed by atoms with van der Waals surface area (Å²) in [6.45, 7) is 3.93. The van der Waals surface area contributed by atoms with Crippen LogP contribution in [0, 0.1) is 5.82 Å². The van der Waals surface area contributed by atoms with Gasteiger partial charge in [-0.25, -0.2) is 9.37 Å². The van der Waals surface area contributed by atoms with Crippen molar-refractivity contribution in [3.8, 4) is 0 Å². The van der Waals surface area contributed by atoms with Gasteiger partial charge in [0.1, 0.15) is 11.6 Å². The van der Waals surface area contributed by atoms with Gasteiger partial charge in [0.25, 0.3) is 0 Å². The minimum absolute atomic E-state index is 0.216. The van der Waals surface area contributed by atoms with Crippen molar-refractivity contribution >= 4 is 14.8 Å². The SMILES string of the molecule is C\C=C(P)/C(=C\C(=C\CC)C(F)(F)F)c1nc2c(o1)CCCC2.NCc1ccc(F)cc1. The first-order chi connectivity index (χ1) is 15.2. The zero-order valence-electron chi connectivity index (χ0n) is 18.3. The van der Waals surface area contributed by atoms with Gasteiger partial charge < -0.3 is 10.2 Å². The second kappa shape index (κ2) is 12.1. The quantitative estimate of drug-likeness (QED) is 0.295. The Kier molecular flexibility index (Phi) is 9.85. The highest BCUT2D eigenvalue weighted by Crippen LogP contribution is 2.35. The topological polar surface area (TPSA) is 52.0 Å². The number of rotatable bonds is 5. The van der Waals surface area contributed by atoms with Crippen LogP contribution in [0.2, 0.25) is 0 Å². The average molecular weight is 468 g/mol. The molecule has 0 aliphatic heterocycles. The summed E-state index contributed by atoms with van der Waals surface area (Å²) in [5.74, 6) is 0.859. The third-order valence-electron chi connectivity index (χ3n) is 4.90. The second-order valence-corrected chi connectivity index (χ2v) is 7.92. The van der Waals surface area contributed by atoms with E-state index in [1.807, 2.05) is 0 Å². The van der Waals surface area contributed by atoms with Crippen molar-refractivity contribution in [1.82, 2.24) is 4.98 Å². The van der Waals surface area contributed by atoms with Crippen molar-refractivity contribution in [3.63, 3.8) is 0 Å². The van der Waals surface area contributed by atoms with Crippen LogP contribution in [0.1, 0.15) is 56.0 Å². The molecular weight excluding hydrogens is 439 g/mol. The van der Waals surface area contributed by atoms with Crippen LogP contribution in [0.4, 0.5) is 17.6 Å². The maximum atomic E-state index is 13.2. The Bertz CT molecular complexity index is 949. The van der Waals surface area contributed by atoms with Crippen molar-refractivity contribution in [1.29, 1.82) is 0 Å². The number of alkyl halides is 3. The van der Waals surface area contributed by atoms with Gasteiger partial charge in [-0.3, -0.25) is 0 Å². The zero-order chi connectivity index (χ0) is 23.7. The maximum Gasteiger partial charge on any atom is 0.416 e. The summed E-state index contributed by atoms with van der Waals surface area (Å²) in [6, 6.07) is 6.16. The first-order valence-electron chi connectivity index (χ1n) is 10.5. The van der Waals surface area contributed by atoms with Crippen molar-refractivity contribution in [3.05, 3.63) is 82.1 Å². The molecule has 1 heterocycles. The third kappa shape index (κ3) is 7.42. The fourth-order valence-corrected chi connectivity index (χ4v) is 3.35. The molecule has 1 aromatic carbocycles. The van der Waals surface area contributed by atoms with Crippen LogP contribution >= 0.6 is 9.24 Å². The third-order valence-corrected chi connectivity index (χ3v) is 5.54. The van der Waals surface area contributed by atoms with Gasteiger partial charge in [0.2, 0.25) is 5.89 Å². The van der Waals surface area contributed by atoms with E-state index in [-0.39, 0.29) is 11.7 Å². The lowest BCUT2D eigenvalue weighted by atomic mass is 10.0. The van der Waals surface area contributed by atoms with Crippen LogP contribution in [0.5, 0.6) is 0 Å². The van der Waals surface area contributed by atoms with Crippen molar-refractivity contribution in [2.75, 3.05) is 0 Å². The molecule has 1 atom stereocenters. The Morgan fingerprint density at radius 2 is 1.84 bits per heavy atom. The highest BCUT2D eigenvalue weighted by molar-refractivity contribution is 7.24. The Hall–Kier alpha value is -2.24. The first-order valence-corrected chi connectivity index (χ1v) is 11.1. The first kappa shape index (κ1) is 26.0. The summed E-state index contributed by atoms with van der Waals surface area (Å²) in [5, 5.41) is 0.634. The molecule has 174 valence electrons. The summed E-state index contributed by atoms with van der Waals surface area (Å²) in [7, 11) is 2.46. The Balaban J connectivity index is 0.000000336. The molecular formula is C24H29F4N2OP. The van der Waals surface area contributed by atoms with Crippen molar-refractivity contribution in [2.45, 2.75) is 58.7 Å². The number of hydrogen-bond donors (Lipinski definition) is 1. The van der Waals surface area contributed by atoms with Crippen LogP contribution in [-0.2, 0) is 19.4 Å². The highest BCUT2D eigenvalue weighted by Gasteiger charge is 2.33. The predicted molar refractivity (Wildman–Crippen MR) is 123 cm³/mol. The van der Waals surface area contributed by atoms with E-state index in [0.717, 1.165) is 48.8 Å². The summed E-state index contributed by atoms with van der Waals surface area (Å²) in [5.41, 5.74) is 6.80. The summed E-state index contributed by atoms with van der Waals surface area (Å²) < 4.78 is 57.5. The van der Waals surface area contributed by atoms with E-state index < -0.39 is 11.7 Å². The molecule has 1 aromatic heterocycles. The molecule has 0 saturated carbocycles. The van der Waals surface area contributed by atoms with Gasteiger partial charge in [-0.1, -0.05) is 31.2 Å². The number of oxazole rings is 1. The highest BCUT2D eigenvalue weighted by atomic mass is 31.0. The molecule has 1 unspecified atom stereocenters. The maximum absolute atomic E-state index is 13.2. The molecule has 2 N–H and O–H groups in total. The molecule has 1 aliphatic rings. The molecule has 0 fully saturated rings. The van der Waals surface area contributed by atoms with E-state index in [1.54, 1.807) is 32.1 Å². The minimum Gasteiger partial charge on any atom is -0.441 e. The number of nitrogens with zero attached hydrogens (tertiary/aromatic N) is 1. The molecule has 32 heavy (non-hydrogen) atoms. The zero-order valence-corrected chi connectivity index (χ0v) is 19.5. The standard InChI is InChI=1S/C17H21F3NOP.C7H8FN/c1-3-7-11(17(18,19)20)10-12(15(23)4-2)16-21-13-8-5-6-9-14(13)22-16;8-7-3-1-6(5-9)2-4-7/h4,7,10H,3,5-6,8-9,23H2,1-2H3;1-4H,5,9H2/b11-7-,12-10+,15-4+;. The Labute approximate surface area is 188 Å². The number of hydrogen-bond acceptors (Lipinski definition) is 3. The van der Waals surface area contributed by atoms with Crippen LogP contribution in [0.15, 0.2) is 57.8 Å². The molecule has 0 saturated heterocycles. The number of fused-ring (bicyclic) bond motifs is 1. The number of nitrogens with two attached hydrogens (primary N) is 1. The van der Waals surface area contributed by atoms with Gasteiger partial charge in [-0.15, -0.1) is 9.24 Å². The van der Waals surface area contributed by atoms with Crippen LogP contribution in [-0.4, -0.2) is 11.2 Å². The lowest BCUT2D eigenvalue weighted by Gasteiger charge is -2.10. The predicted octanol–water partition coefficient (Wildman–Crippen LogP) is 6.90. The van der Waals surface area contributed by atoms with Crippen LogP contribution < -0.4 is 5.73 Å². The largest absolute Gasteiger partial charge is 0.441 e. The molecule has 3 nitrogen and oxygen atoms in total. The van der Waals surface area contributed by atoms with E-state index in [4.69, 9.17) is 10.2 Å². The average Bonchev–Trinajstić information content (AvgIpc) is 3.20. The molecule has 3 rings (SSSR count). The second-order valence-electron chi connectivity index (χ2n) is 7.29. The number of aryl methyl sites for hydroxylation is 2. The van der Waals surface area contributed by atoms with E-state index in [1.165, 1.54) is 18.2 Å². The minimum atomic E-state index is -4.40. The normalized spacial score (nSPS) is 15.2. The molecule has 1 aliphatic carbocycles. The number of benzene rings is 1. The summed E-state index contributed by atoms with van der Waals surface area (Å²) in [6.07, 6.45) is 3.65. The number of halogens is 4. The van der Waals surface area contributed by atoms with E-state index in [2.05, 4.69) is 14.2 Å². The van der Waals surface area contributed by atoms with Gasteiger partial charge in [0.15, 0.2) is 0 Å². The van der Waals surface area contributed by atoms with Crippen LogP contribution in [0.3, 0.4) is 0 Å². The van der Waals surface area contributed by atoms with E-state index in [0.29, 0.717) is 23.9 Å². The van der Waals surface area contributed by atoms with Crippen molar-refractivity contribution in [2.24, 2.45) is 5.73 Å². The molecule has 0 spiro atoms. The number of aromatic nitrogens is 1. The van der Waals surface area contributed by atoms with Gasteiger partial charge in [-0.2, -0.15) is 13.2 Å². The molecule has 0 radical (unpaired) electrons. The van der Waals surface area contributed by atoms with Gasteiger partial charge in [0.05, 0.1) is 11.3 Å². The Morgan fingerprint density at radius 3 is 2.38 bits per heavy atom. The van der Waals surface area contributed by atoms with Gasteiger partial charge >= 0.3 is 6.18 Å². The molecule has 8 heteroatoms. The van der Waals surface area contributed by atoms with Crippen LogP contribution in [0.25, 0.3) is 5.57 Å². The number of allylic oxidation sites excluding steroid dienone is 6. The smallest absolute Gasteiger partial charge is 0.416 e. The fourth-order valence-electron chi connectivity index (χ4n) is 3.14. The van der Waals surface area contributed by atoms with Gasteiger partial charge in [-0.05, 0) is 61.7 Å². The lowest BCUT2D eigenvalue weighted by Crippen LogP contribution is -2.10. The Morgan fingerprint density at radius 1 is 1.19 bits per heavy atom. The lowest BCUT2D eigenvalue weighted by molar-refractivity contribution is -0.0883. The van der Waals surface area contributed by atoms with Gasteiger partial charge in [0, 0.05) is 18.5 Å². The molecule has 0 amide bonds. The monoisotopic (exact) mass is 468 g/mol. The molecule has 2 aromatic rings. The fraction of sp³-hybridized carbons (Fsp3) is 0.375. The van der Waals surface area contributed by atoms with E-state index >= 15 is 0 Å². The molecule has 0 bridgehead atoms. The van der Waals surface area contributed by atoms with Crippen molar-refractivity contribution < 1.29 is 22.0 Å². The van der Waals surface area contributed by atoms with E-state index in [9.17, 15) is 17.6 Å². The summed E-state index contributed by atoms with van der Waals surface area (Å²) >= 11 is 0. The summed E-state index contributed by atoms with van der Waals surface area (Å²) in [4.78, 5) is 4.43.